The summed E-state index contributed by atoms with van der Waals surface area (Å²) in [6.07, 6.45) is 4.18. The predicted molar refractivity (Wildman–Crippen MR) is 89.2 cm³/mol. The van der Waals surface area contributed by atoms with Crippen molar-refractivity contribution in [3.63, 3.8) is 0 Å². The topological polar surface area (TPSA) is 47.3 Å². The van der Waals surface area contributed by atoms with Gasteiger partial charge in [0.05, 0.1) is 5.52 Å². The Labute approximate surface area is 137 Å². The Morgan fingerprint density at radius 2 is 1.67 bits per heavy atom. The second-order valence-electron chi connectivity index (χ2n) is 5.33. The van der Waals surface area contributed by atoms with E-state index in [1.807, 2.05) is 24.3 Å². The lowest BCUT2D eigenvalue weighted by molar-refractivity contribution is 0.111. The highest BCUT2D eigenvalue weighted by Gasteiger charge is 2.17. The quantitative estimate of drug-likeness (QED) is 0.536. The molecule has 0 spiro atoms. The van der Waals surface area contributed by atoms with Crippen LogP contribution in [0.4, 0.5) is 4.39 Å². The normalized spacial score (nSPS) is 10.9. The fourth-order valence-electron chi connectivity index (χ4n) is 2.79. The number of hydrogen-bond donors (Lipinski definition) is 0. The highest BCUT2D eigenvalue weighted by molar-refractivity contribution is 5.93. The lowest BCUT2D eigenvalue weighted by atomic mass is 10.0. The van der Waals surface area contributed by atoms with Crippen LogP contribution in [0.15, 0.2) is 67.0 Å². The molecule has 0 radical (unpaired) electrons. The van der Waals surface area contributed by atoms with Crippen LogP contribution >= 0.6 is 0 Å². The van der Waals surface area contributed by atoms with E-state index in [2.05, 4.69) is 10.1 Å². The molecule has 4 rings (SSSR count). The molecule has 0 aliphatic heterocycles. The summed E-state index contributed by atoms with van der Waals surface area (Å²) in [6, 6.07) is 15.4. The Bertz CT molecular complexity index is 1020. The minimum Gasteiger partial charge on any atom is -0.296 e. The predicted octanol–water partition coefficient (Wildman–Crippen LogP) is 4.01. The number of aromatic nitrogens is 3. The largest absolute Gasteiger partial charge is 0.296 e. The number of rotatable bonds is 3. The van der Waals surface area contributed by atoms with Gasteiger partial charge < -0.3 is 0 Å². The van der Waals surface area contributed by atoms with Crippen LogP contribution in [0.5, 0.6) is 0 Å². The lowest BCUT2D eigenvalue weighted by Gasteiger charge is -2.03. The van der Waals surface area contributed by atoms with Gasteiger partial charge in [0.2, 0.25) is 0 Å². The van der Waals surface area contributed by atoms with Gasteiger partial charge in [0.25, 0.3) is 0 Å². The molecule has 0 N–H and O–H groups in total. The van der Waals surface area contributed by atoms with Gasteiger partial charge >= 0.3 is 0 Å². The molecule has 4 nitrogen and oxygen atoms in total. The number of halogens is 1. The molecule has 0 saturated heterocycles. The first-order valence-electron chi connectivity index (χ1n) is 7.41. The first-order valence-corrected chi connectivity index (χ1v) is 7.41. The maximum absolute atomic E-state index is 13.3. The molecule has 5 heteroatoms. The van der Waals surface area contributed by atoms with E-state index in [1.165, 1.54) is 12.1 Å². The first kappa shape index (κ1) is 14.3. The van der Waals surface area contributed by atoms with E-state index in [0.29, 0.717) is 11.4 Å². The van der Waals surface area contributed by atoms with Gasteiger partial charge in [-0.2, -0.15) is 5.10 Å². The molecule has 0 bridgehead atoms. The van der Waals surface area contributed by atoms with Crippen LogP contribution in [0.25, 0.3) is 27.9 Å². The molecule has 116 valence electrons. The number of nitrogens with zero attached hydrogens (tertiary/aromatic N) is 3. The highest BCUT2D eigenvalue weighted by Crippen LogP contribution is 2.35. The zero-order valence-corrected chi connectivity index (χ0v) is 12.6. The van der Waals surface area contributed by atoms with Crippen molar-refractivity contribution in [2.45, 2.75) is 0 Å². The van der Waals surface area contributed by atoms with Crippen LogP contribution in [0.2, 0.25) is 0 Å². The molecular formula is C19H12FN3O. The number of benzene rings is 1. The van der Waals surface area contributed by atoms with Crippen LogP contribution in [-0.2, 0) is 0 Å². The van der Waals surface area contributed by atoms with Crippen molar-refractivity contribution in [3.05, 3.63) is 78.5 Å². The monoisotopic (exact) mass is 317 g/mol. The van der Waals surface area contributed by atoms with Crippen LogP contribution in [0, 0.1) is 5.82 Å². The zero-order chi connectivity index (χ0) is 16.5. The Hall–Kier alpha value is -3.34. The summed E-state index contributed by atoms with van der Waals surface area (Å²) >= 11 is 0. The molecule has 0 unspecified atom stereocenters. The molecule has 4 aromatic rings. The SMILES string of the molecule is O=Cc1cccc2c(-c3ccncc3)c(-c3ccc(F)cc3)nn12. The molecule has 0 aliphatic rings. The second-order valence-corrected chi connectivity index (χ2v) is 5.33. The molecule has 0 atom stereocenters. The van der Waals surface area contributed by atoms with E-state index in [-0.39, 0.29) is 5.82 Å². The lowest BCUT2D eigenvalue weighted by Crippen LogP contribution is -1.96. The second kappa shape index (κ2) is 5.70. The van der Waals surface area contributed by atoms with Gasteiger partial charge in [0.15, 0.2) is 6.29 Å². The zero-order valence-electron chi connectivity index (χ0n) is 12.6. The van der Waals surface area contributed by atoms with E-state index < -0.39 is 0 Å². The number of carbonyl (C=O) groups excluding carboxylic acids is 1. The van der Waals surface area contributed by atoms with Crippen LogP contribution < -0.4 is 0 Å². The summed E-state index contributed by atoms with van der Waals surface area (Å²) in [4.78, 5) is 15.4. The van der Waals surface area contributed by atoms with Crippen LogP contribution in [0.1, 0.15) is 10.5 Å². The number of fused-ring (bicyclic) bond motifs is 1. The van der Waals surface area contributed by atoms with Gasteiger partial charge in [-0.15, -0.1) is 0 Å². The van der Waals surface area contributed by atoms with Crippen molar-refractivity contribution in [2.24, 2.45) is 0 Å². The third kappa shape index (κ3) is 2.27. The summed E-state index contributed by atoms with van der Waals surface area (Å²) < 4.78 is 14.9. The maximum Gasteiger partial charge on any atom is 0.168 e. The fourth-order valence-corrected chi connectivity index (χ4v) is 2.79. The van der Waals surface area contributed by atoms with Crippen molar-refractivity contribution in [3.8, 4) is 22.4 Å². The van der Waals surface area contributed by atoms with E-state index in [9.17, 15) is 9.18 Å². The Kier molecular flexibility index (Phi) is 3.39. The molecule has 3 aromatic heterocycles. The van der Waals surface area contributed by atoms with E-state index in [1.54, 1.807) is 35.1 Å². The maximum atomic E-state index is 13.3. The van der Waals surface area contributed by atoms with Crippen LogP contribution in [0.3, 0.4) is 0 Å². The number of carbonyl (C=O) groups is 1. The van der Waals surface area contributed by atoms with Gasteiger partial charge in [0.1, 0.15) is 17.2 Å². The molecule has 0 aliphatic carbocycles. The summed E-state index contributed by atoms with van der Waals surface area (Å²) in [6.45, 7) is 0. The standard InChI is InChI=1S/C19H12FN3O/c20-15-6-4-14(5-7-15)19-18(13-8-10-21-11-9-13)17-3-1-2-16(12-24)23(17)22-19/h1-12H. The number of aldehydes is 1. The summed E-state index contributed by atoms with van der Waals surface area (Å²) in [5.41, 5.74) is 4.55. The third-order valence-corrected chi connectivity index (χ3v) is 3.89. The number of pyridine rings is 2. The summed E-state index contributed by atoms with van der Waals surface area (Å²) in [5, 5.41) is 4.60. The van der Waals surface area contributed by atoms with Crippen molar-refractivity contribution in [1.82, 2.24) is 14.6 Å². The van der Waals surface area contributed by atoms with E-state index >= 15 is 0 Å². The Morgan fingerprint density at radius 1 is 0.917 bits per heavy atom. The van der Waals surface area contributed by atoms with Crippen LogP contribution in [-0.4, -0.2) is 20.9 Å². The third-order valence-electron chi connectivity index (χ3n) is 3.89. The molecule has 0 saturated carbocycles. The minimum atomic E-state index is -0.304. The van der Waals surface area contributed by atoms with Gasteiger partial charge in [-0.1, -0.05) is 6.07 Å². The summed E-state index contributed by atoms with van der Waals surface area (Å²) in [5.74, 6) is -0.304. The van der Waals surface area contributed by atoms with Crippen molar-refractivity contribution >= 4 is 11.8 Å². The van der Waals surface area contributed by atoms with Gasteiger partial charge in [0, 0.05) is 23.5 Å². The van der Waals surface area contributed by atoms with E-state index in [0.717, 1.165) is 28.5 Å². The van der Waals surface area contributed by atoms with Gasteiger partial charge in [-0.3, -0.25) is 9.78 Å². The van der Waals surface area contributed by atoms with Gasteiger partial charge in [-0.05, 0) is 54.1 Å². The highest BCUT2D eigenvalue weighted by atomic mass is 19.1. The minimum absolute atomic E-state index is 0.304. The molecule has 24 heavy (non-hydrogen) atoms. The Balaban J connectivity index is 2.08. The average Bonchev–Trinajstić information content (AvgIpc) is 3.02. The van der Waals surface area contributed by atoms with Crippen molar-refractivity contribution in [2.75, 3.05) is 0 Å². The van der Waals surface area contributed by atoms with E-state index in [4.69, 9.17) is 0 Å². The van der Waals surface area contributed by atoms with Gasteiger partial charge in [-0.25, -0.2) is 8.91 Å². The molecule has 1 aromatic carbocycles. The van der Waals surface area contributed by atoms with Crippen molar-refractivity contribution in [1.29, 1.82) is 0 Å². The average molecular weight is 317 g/mol. The molecule has 0 amide bonds. The molecular weight excluding hydrogens is 305 g/mol. The Morgan fingerprint density at radius 3 is 2.38 bits per heavy atom. The fraction of sp³-hybridized carbons (Fsp3) is 0. The summed E-state index contributed by atoms with van der Waals surface area (Å²) in [7, 11) is 0. The number of hydrogen-bond acceptors (Lipinski definition) is 3. The molecule has 3 heterocycles. The van der Waals surface area contributed by atoms with Crippen molar-refractivity contribution < 1.29 is 9.18 Å². The molecule has 0 fully saturated rings. The smallest absolute Gasteiger partial charge is 0.168 e. The first-order chi connectivity index (χ1) is 11.8.